The lowest BCUT2D eigenvalue weighted by Crippen LogP contribution is -2.49. The van der Waals surface area contributed by atoms with Crippen molar-refractivity contribution in [2.45, 2.75) is 6.92 Å². The fraction of sp³-hybridized carbons (Fsp3) is 0.227. The van der Waals surface area contributed by atoms with Gasteiger partial charge in [-0.2, -0.15) is 15.3 Å². The van der Waals surface area contributed by atoms with Gasteiger partial charge in [-0.15, -0.1) is 5.10 Å². The first-order chi connectivity index (χ1) is 15.6. The number of piperazine rings is 1. The smallest absolute Gasteiger partial charge is 0.253 e. The standard InChI is InChI=1S/C22H21N9O/c1-15-13-19(27-26-15)24-20-18-3-2-8-31(18)28-22(25-20)30-11-9-29(10-12-30)21(32)17-6-4-16(14-23)5-7-17/h2-8,13H,9-12H2,1H3,(H2,24,25,26,27,28). The molecule has 1 saturated heterocycles. The van der Waals surface area contributed by atoms with Crippen molar-refractivity contribution in [1.82, 2.24) is 29.7 Å². The number of rotatable bonds is 4. The van der Waals surface area contributed by atoms with Crippen LogP contribution in [0.3, 0.4) is 0 Å². The number of nitriles is 1. The third-order valence-electron chi connectivity index (χ3n) is 5.44. The molecule has 1 amide bonds. The van der Waals surface area contributed by atoms with Crippen molar-refractivity contribution in [2.24, 2.45) is 0 Å². The van der Waals surface area contributed by atoms with Crippen molar-refractivity contribution >= 4 is 29.0 Å². The summed E-state index contributed by atoms with van der Waals surface area (Å²) in [5.74, 6) is 1.91. The number of nitrogens with one attached hydrogen (secondary N) is 2. The maximum atomic E-state index is 12.8. The number of aromatic nitrogens is 5. The number of anilines is 3. The SMILES string of the molecule is Cc1cc(Nc2nc(N3CCN(C(=O)c4ccc(C#N)cc4)CC3)nn3cccc23)n[nH]1. The number of H-pyrrole nitrogens is 1. The average molecular weight is 427 g/mol. The summed E-state index contributed by atoms with van der Waals surface area (Å²) in [7, 11) is 0. The summed E-state index contributed by atoms with van der Waals surface area (Å²) in [6.07, 6.45) is 1.88. The lowest BCUT2D eigenvalue weighted by atomic mass is 10.1. The Balaban J connectivity index is 1.32. The Morgan fingerprint density at radius 2 is 1.94 bits per heavy atom. The molecule has 1 aliphatic heterocycles. The normalized spacial score (nSPS) is 13.9. The number of benzene rings is 1. The van der Waals surface area contributed by atoms with Crippen molar-refractivity contribution in [2.75, 3.05) is 36.4 Å². The Labute approximate surface area is 184 Å². The van der Waals surface area contributed by atoms with Crippen LogP contribution in [0.4, 0.5) is 17.6 Å². The lowest BCUT2D eigenvalue weighted by Gasteiger charge is -2.34. The van der Waals surface area contributed by atoms with Gasteiger partial charge in [0.05, 0.1) is 11.6 Å². The van der Waals surface area contributed by atoms with E-state index in [2.05, 4.69) is 31.6 Å². The molecule has 0 aliphatic carbocycles. The van der Waals surface area contributed by atoms with Gasteiger partial charge in [0.25, 0.3) is 5.91 Å². The van der Waals surface area contributed by atoms with E-state index in [-0.39, 0.29) is 5.91 Å². The molecule has 0 bridgehead atoms. The van der Waals surface area contributed by atoms with Gasteiger partial charge < -0.3 is 15.1 Å². The average Bonchev–Trinajstić information content (AvgIpc) is 3.47. The molecule has 0 atom stereocenters. The summed E-state index contributed by atoms with van der Waals surface area (Å²) in [5, 5.41) is 24.0. The molecule has 1 aliphatic rings. The first-order valence-electron chi connectivity index (χ1n) is 10.3. The van der Waals surface area contributed by atoms with Crippen molar-refractivity contribution in [1.29, 1.82) is 5.26 Å². The Bertz CT molecular complexity index is 1310. The van der Waals surface area contributed by atoms with Crippen molar-refractivity contribution < 1.29 is 4.79 Å². The van der Waals surface area contributed by atoms with Crippen LogP contribution in [0.25, 0.3) is 5.52 Å². The molecule has 3 aromatic heterocycles. The zero-order chi connectivity index (χ0) is 22.1. The molecule has 5 rings (SSSR count). The van der Waals surface area contributed by atoms with Crippen LogP contribution in [0.1, 0.15) is 21.6 Å². The highest BCUT2D eigenvalue weighted by molar-refractivity contribution is 5.94. The molecule has 0 unspecified atom stereocenters. The number of carbonyl (C=O) groups excluding carboxylic acids is 1. The molecular weight excluding hydrogens is 406 g/mol. The lowest BCUT2D eigenvalue weighted by molar-refractivity contribution is 0.0746. The first kappa shape index (κ1) is 19.6. The van der Waals surface area contributed by atoms with Crippen LogP contribution in [-0.2, 0) is 0 Å². The highest BCUT2D eigenvalue weighted by Gasteiger charge is 2.24. The fourth-order valence-electron chi connectivity index (χ4n) is 3.73. The molecule has 0 spiro atoms. The number of aryl methyl sites for hydroxylation is 1. The molecular formula is C22H21N9O. The van der Waals surface area contributed by atoms with E-state index in [9.17, 15) is 4.79 Å². The van der Waals surface area contributed by atoms with Gasteiger partial charge in [0.1, 0.15) is 5.52 Å². The van der Waals surface area contributed by atoms with E-state index < -0.39 is 0 Å². The van der Waals surface area contributed by atoms with E-state index >= 15 is 0 Å². The fourth-order valence-corrected chi connectivity index (χ4v) is 3.73. The Kier molecular flexibility index (Phi) is 4.91. The first-order valence-corrected chi connectivity index (χ1v) is 10.3. The number of aromatic amines is 1. The van der Waals surface area contributed by atoms with Gasteiger partial charge in [-0.25, -0.2) is 4.52 Å². The van der Waals surface area contributed by atoms with Gasteiger partial charge >= 0.3 is 0 Å². The van der Waals surface area contributed by atoms with E-state index in [4.69, 9.17) is 10.2 Å². The maximum absolute atomic E-state index is 12.8. The molecule has 4 heterocycles. The summed E-state index contributed by atoms with van der Waals surface area (Å²) in [5.41, 5.74) is 2.93. The molecule has 10 nitrogen and oxygen atoms in total. The van der Waals surface area contributed by atoms with E-state index in [0.717, 1.165) is 11.2 Å². The summed E-state index contributed by atoms with van der Waals surface area (Å²) in [6.45, 7) is 4.31. The minimum absolute atomic E-state index is 0.0350. The van der Waals surface area contributed by atoms with Gasteiger partial charge in [-0.1, -0.05) is 0 Å². The van der Waals surface area contributed by atoms with Crippen molar-refractivity contribution in [3.8, 4) is 6.07 Å². The minimum atomic E-state index is -0.0350. The van der Waals surface area contributed by atoms with Crippen LogP contribution in [0.2, 0.25) is 0 Å². The summed E-state index contributed by atoms with van der Waals surface area (Å²) < 4.78 is 1.79. The van der Waals surface area contributed by atoms with Gasteiger partial charge in [0.15, 0.2) is 11.6 Å². The summed E-state index contributed by atoms with van der Waals surface area (Å²) >= 11 is 0. The zero-order valence-corrected chi connectivity index (χ0v) is 17.5. The largest absolute Gasteiger partial charge is 0.336 e. The number of hydrogen-bond acceptors (Lipinski definition) is 7. The Morgan fingerprint density at radius 1 is 1.16 bits per heavy atom. The van der Waals surface area contributed by atoms with E-state index in [1.54, 1.807) is 28.8 Å². The van der Waals surface area contributed by atoms with Crippen molar-refractivity contribution in [3.05, 3.63) is 65.5 Å². The van der Waals surface area contributed by atoms with E-state index in [1.807, 2.05) is 36.2 Å². The van der Waals surface area contributed by atoms with Gasteiger partial charge in [-0.3, -0.25) is 9.89 Å². The molecule has 1 aromatic carbocycles. The zero-order valence-electron chi connectivity index (χ0n) is 17.5. The van der Waals surface area contributed by atoms with Crippen LogP contribution >= 0.6 is 0 Å². The Hall–Kier alpha value is -4.39. The predicted molar refractivity (Wildman–Crippen MR) is 119 cm³/mol. The van der Waals surface area contributed by atoms with E-state index in [1.165, 1.54) is 0 Å². The number of hydrogen-bond donors (Lipinski definition) is 2. The second-order valence-corrected chi connectivity index (χ2v) is 7.63. The molecule has 10 heteroatoms. The van der Waals surface area contributed by atoms with Crippen molar-refractivity contribution in [3.63, 3.8) is 0 Å². The topological polar surface area (TPSA) is 118 Å². The summed E-state index contributed by atoms with van der Waals surface area (Å²) in [6, 6.07) is 14.6. The summed E-state index contributed by atoms with van der Waals surface area (Å²) in [4.78, 5) is 21.4. The van der Waals surface area contributed by atoms with Crippen LogP contribution in [-0.4, -0.2) is 61.8 Å². The highest BCUT2D eigenvalue weighted by Crippen LogP contribution is 2.23. The van der Waals surface area contributed by atoms with Gasteiger partial charge in [0, 0.05) is 49.7 Å². The monoisotopic (exact) mass is 427 g/mol. The maximum Gasteiger partial charge on any atom is 0.253 e. The number of fused-ring (bicyclic) bond motifs is 1. The van der Waals surface area contributed by atoms with E-state index in [0.29, 0.717) is 54.9 Å². The second-order valence-electron chi connectivity index (χ2n) is 7.63. The Morgan fingerprint density at radius 3 is 2.62 bits per heavy atom. The van der Waals surface area contributed by atoms with Gasteiger partial charge in [-0.05, 0) is 43.3 Å². The van der Waals surface area contributed by atoms with Crippen LogP contribution in [0.15, 0.2) is 48.7 Å². The minimum Gasteiger partial charge on any atom is -0.336 e. The van der Waals surface area contributed by atoms with Crippen LogP contribution in [0, 0.1) is 18.3 Å². The third kappa shape index (κ3) is 3.72. The van der Waals surface area contributed by atoms with Crippen LogP contribution in [0.5, 0.6) is 0 Å². The molecule has 32 heavy (non-hydrogen) atoms. The second kappa shape index (κ2) is 8.03. The molecule has 0 radical (unpaired) electrons. The molecule has 1 fully saturated rings. The number of nitrogens with zero attached hydrogens (tertiary/aromatic N) is 7. The number of amides is 1. The van der Waals surface area contributed by atoms with Crippen LogP contribution < -0.4 is 10.2 Å². The molecule has 2 N–H and O–H groups in total. The van der Waals surface area contributed by atoms with Gasteiger partial charge in [0.2, 0.25) is 5.95 Å². The predicted octanol–water partition coefficient (Wildman–Crippen LogP) is 2.34. The highest BCUT2D eigenvalue weighted by atomic mass is 16.2. The molecule has 0 saturated carbocycles. The quantitative estimate of drug-likeness (QED) is 0.513. The number of carbonyl (C=O) groups is 1. The third-order valence-corrected chi connectivity index (χ3v) is 5.44. The molecule has 160 valence electrons. The molecule has 4 aromatic rings.